The van der Waals surface area contributed by atoms with E-state index in [0.717, 1.165) is 23.8 Å². The van der Waals surface area contributed by atoms with Crippen molar-refractivity contribution in [2.45, 2.75) is 32.2 Å². The predicted octanol–water partition coefficient (Wildman–Crippen LogP) is 0.557. The Hall–Kier alpha value is -3.93. The van der Waals surface area contributed by atoms with Crippen molar-refractivity contribution in [1.82, 2.24) is 24.9 Å². The number of ether oxygens (including phenoxy) is 1. The molecule has 0 aliphatic carbocycles. The number of piperidine rings is 1. The van der Waals surface area contributed by atoms with Crippen LogP contribution in [0.1, 0.15) is 24.8 Å². The van der Waals surface area contributed by atoms with Gasteiger partial charge in [0.05, 0.1) is 6.54 Å². The van der Waals surface area contributed by atoms with Gasteiger partial charge in [0.2, 0.25) is 17.7 Å². The lowest BCUT2D eigenvalue weighted by Crippen LogP contribution is -2.59. The minimum atomic E-state index is -0.536. The molecule has 0 bridgehead atoms. The summed E-state index contributed by atoms with van der Waals surface area (Å²) in [5.74, 6) is 0.124. The molecule has 0 radical (unpaired) electrons. The van der Waals surface area contributed by atoms with E-state index in [9.17, 15) is 24.0 Å². The topological polar surface area (TPSA) is 133 Å². The number of likely N-dealkylation sites (tertiary alicyclic amines) is 1. The number of carbonyl (C=O) groups excluding carboxylic acids is 4. The van der Waals surface area contributed by atoms with Crippen molar-refractivity contribution in [2.75, 3.05) is 59.0 Å². The minimum Gasteiger partial charge on any atom is -0.492 e. The van der Waals surface area contributed by atoms with Crippen LogP contribution < -0.4 is 15.7 Å². The zero-order valence-corrected chi connectivity index (χ0v) is 22.0. The van der Waals surface area contributed by atoms with E-state index in [0.29, 0.717) is 50.7 Å². The van der Waals surface area contributed by atoms with Crippen LogP contribution in [0.5, 0.6) is 5.75 Å². The van der Waals surface area contributed by atoms with Gasteiger partial charge in [-0.3, -0.25) is 24.6 Å². The second-order valence-corrected chi connectivity index (χ2v) is 10.3. The van der Waals surface area contributed by atoms with Crippen LogP contribution in [0.3, 0.4) is 0 Å². The maximum atomic E-state index is 13.0. The molecule has 2 aromatic rings. The fourth-order valence-electron chi connectivity index (χ4n) is 5.45. The van der Waals surface area contributed by atoms with Crippen molar-refractivity contribution in [1.29, 1.82) is 0 Å². The van der Waals surface area contributed by atoms with Gasteiger partial charge in [0.15, 0.2) is 0 Å². The predicted molar refractivity (Wildman–Crippen MR) is 140 cm³/mol. The van der Waals surface area contributed by atoms with Gasteiger partial charge in [-0.1, -0.05) is 0 Å². The second-order valence-electron chi connectivity index (χ2n) is 10.3. The van der Waals surface area contributed by atoms with Gasteiger partial charge in [-0.05, 0) is 37.5 Å². The van der Waals surface area contributed by atoms with Crippen molar-refractivity contribution in [3.63, 3.8) is 0 Å². The highest BCUT2D eigenvalue weighted by Gasteiger charge is 2.34. The Morgan fingerprint density at radius 3 is 2.74 bits per heavy atom. The Kier molecular flexibility index (Phi) is 7.82. The van der Waals surface area contributed by atoms with Gasteiger partial charge < -0.3 is 23.9 Å². The Bertz CT molecular complexity index is 1340. The van der Waals surface area contributed by atoms with Gasteiger partial charge in [-0.2, -0.15) is 0 Å². The zero-order chi connectivity index (χ0) is 27.5. The molecule has 5 amide bonds. The number of fused-ring (bicyclic) bond motifs is 1. The van der Waals surface area contributed by atoms with Crippen LogP contribution in [0.25, 0.3) is 11.0 Å². The third kappa shape index (κ3) is 6.22. The molecule has 208 valence electrons. The summed E-state index contributed by atoms with van der Waals surface area (Å²) in [6.45, 7) is 5.56. The number of nitrogens with one attached hydrogen (secondary N) is 1. The van der Waals surface area contributed by atoms with Crippen molar-refractivity contribution in [3.05, 3.63) is 40.2 Å². The smallest absolute Gasteiger partial charge is 0.336 e. The van der Waals surface area contributed by atoms with Gasteiger partial charge in [0.1, 0.15) is 24.5 Å². The first-order valence-corrected chi connectivity index (χ1v) is 13.3. The summed E-state index contributed by atoms with van der Waals surface area (Å²) in [6.07, 6.45) is 1.80. The summed E-state index contributed by atoms with van der Waals surface area (Å²) < 4.78 is 11.1. The third-order valence-electron chi connectivity index (χ3n) is 7.59. The molecule has 3 aliphatic heterocycles. The van der Waals surface area contributed by atoms with Gasteiger partial charge in [-0.15, -0.1) is 0 Å². The van der Waals surface area contributed by atoms with Crippen LogP contribution in [0.2, 0.25) is 0 Å². The number of benzene rings is 1. The molecule has 3 aliphatic rings. The average Bonchev–Trinajstić information content (AvgIpc) is 2.90. The molecule has 0 saturated carbocycles. The average molecular weight is 540 g/mol. The van der Waals surface area contributed by atoms with Gasteiger partial charge >= 0.3 is 11.7 Å². The van der Waals surface area contributed by atoms with Crippen molar-refractivity contribution < 1.29 is 28.3 Å². The van der Waals surface area contributed by atoms with E-state index in [1.807, 2.05) is 28.9 Å². The lowest BCUT2D eigenvalue weighted by atomic mass is 10.0. The molecule has 1 N–H and O–H groups in total. The van der Waals surface area contributed by atoms with Crippen LogP contribution >= 0.6 is 0 Å². The van der Waals surface area contributed by atoms with Crippen LogP contribution in [0, 0.1) is 6.92 Å². The first-order valence-electron chi connectivity index (χ1n) is 13.3. The molecular formula is C27H33N5O7. The minimum absolute atomic E-state index is 0.0254. The summed E-state index contributed by atoms with van der Waals surface area (Å²) in [7, 11) is 0. The molecular weight excluding hydrogens is 506 g/mol. The Morgan fingerprint density at radius 2 is 1.95 bits per heavy atom. The summed E-state index contributed by atoms with van der Waals surface area (Å²) >= 11 is 0. The zero-order valence-electron chi connectivity index (χ0n) is 22.0. The monoisotopic (exact) mass is 539 g/mol. The molecule has 1 aromatic carbocycles. The first kappa shape index (κ1) is 26.7. The second kappa shape index (κ2) is 11.4. The normalized spacial score (nSPS) is 20.9. The first-order chi connectivity index (χ1) is 18.8. The highest BCUT2D eigenvalue weighted by molar-refractivity contribution is 5.98. The number of hydrogen-bond donors (Lipinski definition) is 1. The lowest BCUT2D eigenvalue weighted by molar-refractivity contribution is -0.143. The number of urea groups is 1. The van der Waals surface area contributed by atoms with E-state index in [1.54, 1.807) is 11.0 Å². The molecule has 1 aromatic heterocycles. The van der Waals surface area contributed by atoms with E-state index >= 15 is 0 Å². The number of amides is 5. The maximum Gasteiger partial charge on any atom is 0.336 e. The highest BCUT2D eigenvalue weighted by Crippen LogP contribution is 2.23. The number of nitrogens with zero attached hydrogens (tertiary/aromatic N) is 4. The molecule has 1 atom stereocenters. The molecule has 3 fully saturated rings. The number of rotatable bonds is 7. The van der Waals surface area contributed by atoms with Gasteiger partial charge in [-0.25, -0.2) is 9.59 Å². The van der Waals surface area contributed by atoms with E-state index in [4.69, 9.17) is 9.15 Å². The van der Waals surface area contributed by atoms with Crippen LogP contribution in [0.15, 0.2) is 33.5 Å². The third-order valence-corrected chi connectivity index (χ3v) is 7.59. The quantitative estimate of drug-likeness (QED) is 0.505. The van der Waals surface area contributed by atoms with Gasteiger partial charge in [0.25, 0.3) is 0 Å². The van der Waals surface area contributed by atoms with Crippen LogP contribution in [-0.4, -0.2) is 108 Å². The fourth-order valence-corrected chi connectivity index (χ4v) is 5.45. The molecule has 12 nitrogen and oxygen atoms in total. The van der Waals surface area contributed by atoms with E-state index in [-0.39, 0.29) is 49.8 Å². The summed E-state index contributed by atoms with van der Waals surface area (Å²) in [6, 6.07) is 6.28. The number of piperazine rings is 1. The number of imide groups is 1. The highest BCUT2D eigenvalue weighted by atomic mass is 16.5. The van der Waals surface area contributed by atoms with Gasteiger partial charge in [0, 0.05) is 69.3 Å². The Morgan fingerprint density at radius 1 is 1.10 bits per heavy atom. The molecule has 3 saturated heterocycles. The van der Waals surface area contributed by atoms with Crippen molar-refractivity contribution in [3.8, 4) is 5.75 Å². The summed E-state index contributed by atoms with van der Waals surface area (Å²) in [5, 5.41) is 3.10. The van der Waals surface area contributed by atoms with Crippen molar-refractivity contribution in [2.24, 2.45) is 0 Å². The van der Waals surface area contributed by atoms with E-state index in [1.165, 1.54) is 11.0 Å². The number of hydrogen-bond acceptors (Lipinski definition) is 8. The SMILES string of the molecule is Cc1cc(=O)oc2cc(OCCN3CCN(C4CCCN(C(=O)CN5CCC(=O)NC5=O)C4)C(=O)C3)ccc12. The molecule has 0 spiro atoms. The Labute approximate surface area is 225 Å². The maximum absolute atomic E-state index is 13.0. The lowest BCUT2D eigenvalue weighted by Gasteiger charge is -2.43. The molecule has 12 heteroatoms. The van der Waals surface area contributed by atoms with Crippen LogP contribution in [-0.2, 0) is 14.4 Å². The molecule has 39 heavy (non-hydrogen) atoms. The fraction of sp³-hybridized carbons (Fsp3) is 0.519. The number of aryl methyl sites for hydroxylation is 1. The van der Waals surface area contributed by atoms with Crippen molar-refractivity contribution >= 4 is 34.7 Å². The number of carbonyl (C=O) groups is 4. The van der Waals surface area contributed by atoms with E-state index in [2.05, 4.69) is 5.32 Å². The Balaban J connectivity index is 1.09. The summed E-state index contributed by atoms with van der Waals surface area (Å²) in [5.41, 5.74) is 0.934. The summed E-state index contributed by atoms with van der Waals surface area (Å²) in [4.78, 5) is 67.9. The largest absolute Gasteiger partial charge is 0.492 e. The van der Waals surface area contributed by atoms with Crippen LogP contribution in [0.4, 0.5) is 4.79 Å². The standard InChI is InChI=1S/C27H33N5O7/c1-18-13-26(36)39-22-14-20(4-5-21(18)22)38-12-11-29-9-10-32(25(35)16-29)19-3-2-7-30(15-19)24(34)17-31-8-6-23(33)28-27(31)37/h4-5,13-14,19H,2-3,6-12,15-17H2,1H3,(H,28,33,37). The molecule has 5 rings (SSSR count). The molecule has 1 unspecified atom stereocenters. The van der Waals surface area contributed by atoms with E-state index < -0.39 is 11.7 Å². The molecule has 4 heterocycles.